The highest BCUT2D eigenvalue weighted by molar-refractivity contribution is 6.31. The van der Waals surface area contributed by atoms with Gasteiger partial charge in [0.15, 0.2) is 11.3 Å². The number of non-ortho nitro benzene ring substituents is 1. The van der Waals surface area contributed by atoms with Crippen molar-refractivity contribution in [1.29, 1.82) is 0 Å². The van der Waals surface area contributed by atoms with Crippen LogP contribution in [0.2, 0.25) is 5.02 Å². The minimum atomic E-state index is -3.17. The number of hydrogen-bond donors (Lipinski definition) is 1. The zero-order valence-electron chi connectivity index (χ0n) is 18.1. The minimum Gasteiger partial charge on any atom is -0.457 e. The fourth-order valence-electron chi connectivity index (χ4n) is 3.23. The molecule has 0 saturated heterocycles. The third-order valence-corrected chi connectivity index (χ3v) is 5.30. The standard InChI is InChI=1S/C22H14ClF4N5O4/c1-10-4-13(2-3-15(10)23)36-14-6-11(5-12(7-14)32(34)35)28-22(33)17-9-19-29-16(20(24)25)8-18(21(26)27)31(19)30-17/h2-9,20-21H,1H3,(H,28,33). The summed E-state index contributed by atoms with van der Waals surface area (Å²) in [5.41, 5.74) is -2.38. The van der Waals surface area contributed by atoms with Gasteiger partial charge in [-0.05, 0) is 36.8 Å². The fraction of sp³-hybridized carbons (Fsp3) is 0.136. The molecule has 9 nitrogen and oxygen atoms in total. The highest BCUT2D eigenvalue weighted by Gasteiger charge is 2.22. The van der Waals surface area contributed by atoms with Gasteiger partial charge in [0.2, 0.25) is 0 Å². The summed E-state index contributed by atoms with van der Waals surface area (Å²) in [6, 6.07) is 9.65. The van der Waals surface area contributed by atoms with Crippen molar-refractivity contribution in [3.8, 4) is 11.5 Å². The molecule has 0 saturated carbocycles. The quantitative estimate of drug-likeness (QED) is 0.168. The zero-order valence-corrected chi connectivity index (χ0v) is 18.8. The molecule has 0 unspecified atom stereocenters. The Bertz CT molecular complexity index is 1500. The van der Waals surface area contributed by atoms with Crippen molar-refractivity contribution in [2.75, 3.05) is 5.32 Å². The molecule has 2 heterocycles. The molecule has 0 aliphatic carbocycles. The monoisotopic (exact) mass is 523 g/mol. The summed E-state index contributed by atoms with van der Waals surface area (Å²) in [4.78, 5) is 27.0. The van der Waals surface area contributed by atoms with Crippen LogP contribution in [-0.4, -0.2) is 25.4 Å². The van der Waals surface area contributed by atoms with Gasteiger partial charge in [0, 0.05) is 23.2 Å². The van der Waals surface area contributed by atoms with Gasteiger partial charge in [0.25, 0.3) is 24.4 Å². The summed E-state index contributed by atoms with van der Waals surface area (Å²) < 4.78 is 59.1. The predicted octanol–water partition coefficient (Wildman–Crippen LogP) is 6.52. The van der Waals surface area contributed by atoms with E-state index >= 15 is 0 Å². The molecule has 2 aromatic heterocycles. The Hall–Kier alpha value is -4.26. The van der Waals surface area contributed by atoms with Gasteiger partial charge in [-0.2, -0.15) is 5.10 Å². The highest BCUT2D eigenvalue weighted by atomic mass is 35.5. The van der Waals surface area contributed by atoms with E-state index in [-0.39, 0.29) is 11.4 Å². The van der Waals surface area contributed by atoms with Crippen LogP contribution in [0, 0.1) is 17.0 Å². The molecule has 2 aromatic carbocycles. The summed E-state index contributed by atoms with van der Waals surface area (Å²) in [5, 5.41) is 18.0. The molecule has 0 atom stereocenters. The van der Waals surface area contributed by atoms with Crippen molar-refractivity contribution >= 4 is 34.5 Å². The maximum absolute atomic E-state index is 13.4. The number of ether oxygens (including phenoxy) is 1. The van der Waals surface area contributed by atoms with Gasteiger partial charge in [0.1, 0.15) is 22.9 Å². The molecule has 0 radical (unpaired) electrons. The zero-order chi connectivity index (χ0) is 26.1. The lowest BCUT2D eigenvalue weighted by molar-refractivity contribution is -0.384. The second-order valence-electron chi connectivity index (χ2n) is 7.45. The molecule has 14 heteroatoms. The number of nitrogens with one attached hydrogen (secondary N) is 1. The van der Waals surface area contributed by atoms with Gasteiger partial charge in [-0.25, -0.2) is 27.1 Å². The van der Waals surface area contributed by atoms with Crippen LogP contribution in [0.1, 0.15) is 40.3 Å². The second kappa shape index (κ2) is 9.77. The number of benzene rings is 2. The second-order valence-corrected chi connectivity index (χ2v) is 7.85. The number of carbonyl (C=O) groups excluding carboxylic acids is 1. The van der Waals surface area contributed by atoms with Crippen LogP contribution >= 0.6 is 11.6 Å². The number of amides is 1. The number of halogens is 5. The summed E-state index contributed by atoms with van der Waals surface area (Å²) in [6.45, 7) is 1.74. The summed E-state index contributed by atoms with van der Waals surface area (Å²) in [5.74, 6) is -0.608. The molecule has 0 aliphatic heterocycles. The Morgan fingerprint density at radius 1 is 1.08 bits per heavy atom. The van der Waals surface area contributed by atoms with Crippen molar-refractivity contribution in [2.45, 2.75) is 19.8 Å². The lowest BCUT2D eigenvalue weighted by Gasteiger charge is -2.10. The Morgan fingerprint density at radius 3 is 2.47 bits per heavy atom. The van der Waals surface area contributed by atoms with Crippen LogP contribution in [0.5, 0.6) is 11.5 Å². The molecule has 1 N–H and O–H groups in total. The number of aromatic nitrogens is 3. The maximum atomic E-state index is 13.4. The van der Waals surface area contributed by atoms with Gasteiger partial charge in [-0.1, -0.05) is 11.6 Å². The molecular formula is C22H14ClF4N5O4. The number of aryl methyl sites for hydroxylation is 1. The number of nitro benzene ring substituents is 1. The van der Waals surface area contributed by atoms with E-state index in [9.17, 15) is 32.5 Å². The number of nitro groups is 1. The minimum absolute atomic E-state index is 0.0134. The van der Waals surface area contributed by atoms with E-state index < -0.39 is 52.1 Å². The highest BCUT2D eigenvalue weighted by Crippen LogP contribution is 2.32. The maximum Gasteiger partial charge on any atom is 0.280 e. The average Bonchev–Trinajstić information content (AvgIpc) is 3.25. The number of anilines is 1. The fourth-order valence-corrected chi connectivity index (χ4v) is 3.35. The largest absolute Gasteiger partial charge is 0.457 e. The number of rotatable bonds is 7. The first-order chi connectivity index (χ1) is 17.0. The van der Waals surface area contributed by atoms with Crippen molar-refractivity contribution in [3.05, 3.63) is 86.3 Å². The SMILES string of the molecule is Cc1cc(Oc2cc(NC(=O)c3cc4nc(C(F)F)cc(C(F)F)n4n3)cc([N+](=O)[O-])c2)ccc1Cl. The van der Waals surface area contributed by atoms with Crippen molar-refractivity contribution in [2.24, 2.45) is 0 Å². The Morgan fingerprint density at radius 2 is 1.83 bits per heavy atom. The van der Waals surface area contributed by atoms with Crippen LogP contribution in [0.3, 0.4) is 0 Å². The molecule has 0 bridgehead atoms. The summed E-state index contributed by atoms with van der Waals surface area (Å²) in [6.07, 6.45) is -6.29. The van der Waals surface area contributed by atoms with Gasteiger partial charge >= 0.3 is 0 Å². The van der Waals surface area contributed by atoms with Gasteiger partial charge < -0.3 is 10.1 Å². The Labute approximate surface area is 204 Å². The predicted molar refractivity (Wildman–Crippen MR) is 120 cm³/mol. The molecule has 0 spiro atoms. The van der Waals surface area contributed by atoms with Crippen molar-refractivity contribution in [3.63, 3.8) is 0 Å². The first-order valence-corrected chi connectivity index (χ1v) is 10.4. The number of alkyl halides is 4. The van der Waals surface area contributed by atoms with E-state index in [1.54, 1.807) is 25.1 Å². The van der Waals surface area contributed by atoms with E-state index in [1.165, 1.54) is 6.07 Å². The van der Waals surface area contributed by atoms with E-state index in [2.05, 4.69) is 15.4 Å². The smallest absolute Gasteiger partial charge is 0.280 e. The summed E-state index contributed by atoms with van der Waals surface area (Å²) >= 11 is 5.99. The van der Waals surface area contributed by atoms with Crippen molar-refractivity contribution < 1.29 is 32.0 Å². The molecule has 1 amide bonds. The van der Waals surface area contributed by atoms with E-state index in [0.717, 1.165) is 18.2 Å². The van der Waals surface area contributed by atoms with E-state index in [4.69, 9.17) is 16.3 Å². The summed E-state index contributed by atoms with van der Waals surface area (Å²) in [7, 11) is 0. The van der Waals surface area contributed by atoms with Crippen LogP contribution in [-0.2, 0) is 0 Å². The van der Waals surface area contributed by atoms with E-state index in [1.807, 2.05) is 0 Å². The molecule has 186 valence electrons. The topological polar surface area (TPSA) is 112 Å². The van der Waals surface area contributed by atoms with Gasteiger partial charge in [-0.3, -0.25) is 14.9 Å². The Balaban J connectivity index is 1.66. The van der Waals surface area contributed by atoms with Crippen molar-refractivity contribution in [1.82, 2.24) is 14.6 Å². The first kappa shape index (κ1) is 24.9. The first-order valence-electron chi connectivity index (χ1n) is 10.0. The third-order valence-electron chi connectivity index (χ3n) is 4.88. The van der Waals surface area contributed by atoms with Gasteiger partial charge in [0.05, 0.1) is 16.7 Å². The molecule has 0 aliphatic rings. The lowest BCUT2D eigenvalue weighted by Crippen LogP contribution is -2.13. The van der Waals surface area contributed by atoms with E-state index in [0.29, 0.717) is 26.9 Å². The number of hydrogen-bond acceptors (Lipinski definition) is 6. The van der Waals surface area contributed by atoms with Crippen LogP contribution < -0.4 is 10.1 Å². The van der Waals surface area contributed by atoms with Gasteiger partial charge in [-0.15, -0.1) is 0 Å². The molecule has 4 aromatic rings. The van der Waals surface area contributed by atoms with Crippen LogP contribution in [0.4, 0.5) is 28.9 Å². The molecule has 4 rings (SSSR count). The van der Waals surface area contributed by atoms with Crippen LogP contribution in [0.15, 0.2) is 48.5 Å². The molecular weight excluding hydrogens is 510 g/mol. The Kier molecular flexibility index (Phi) is 6.75. The molecule has 36 heavy (non-hydrogen) atoms. The third kappa shape index (κ3) is 5.20. The lowest BCUT2D eigenvalue weighted by atomic mass is 10.2. The average molecular weight is 524 g/mol. The normalized spacial score (nSPS) is 11.3. The number of carbonyl (C=O) groups is 1. The van der Waals surface area contributed by atoms with Crippen LogP contribution in [0.25, 0.3) is 5.65 Å². The molecule has 0 fully saturated rings. The number of nitrogens with zero attached hydrogens (tertiary/aromatic N) is 4. The number of fused-ring (bicyclic) bond motifs is 1.